The van der Waals surface area contributed by atoms with E-state index in [-0.39, 0.29) is 0 Å². The van der Waals surface area contributed by atoms with Crippen molar-refractivity contribution in [2.24, 2.45) is 0 Å². The van der Waals surface area contributed by atoms with Gasteiger partial charge in [0.25, 0.3) is 0 Å². The molecule has 0 bridgehead atoms. The molecule has 0 aliphatic carbocycles. The van der Waals surface area contributed by atoms with Crippen LogP contribution in [-0.4, -0.2) is 7.11 Å². The Morgan fingerprint density at radius 1 is 1.38 bits per heavy atom. The number of rotatable bonds is 2. The molecule has 1 radical (unpaired) electrons. The zero-order valence-corrected chi connectivity index (χ0v) is 7.28. The summed E-state index contributed by atoms with van der Waals surface area (Å²) in [6, 6.07) is 10.8. The summed E-state index contributed by atoms with van der Waals surface area (Å²) in [5, 5.41) is 0. The SMILES string of the molecule is COc1cccc(-c2[c]coc2)c1. The maximum Gasteiger partial charge on any atom is 0.119 e. The molecule has 13 heavy (non-hydrogen) atoms. The van der Waals surface area contributed by atoms with Gasteiger partial charge in [-0.2, -0.15) is 0 Å². The fourth-order valence-corrected chi connectivity index (χ4v) is 1.18. The van der Waals surface area contributed by atoms with Crippen LogP contribution >= 0.6 is 0 Å². The van der Waals surface area contributed by atoms with E-state index in [0.29, 0.717) is 0 Å². The van der Waals surface area contributed by atoms with Gasteiger partial charge < -0.3 is 9.15 Å². The lowest BCUT2D eigenvalue weighted by Crippen LogP contribution is -1.82. The summed E-state index contributed by atoms with van der Waals surface area (Å²) in [6.07, 6.45) is 3.20. The van der Waals surface area contributed by atoms with Gasteiger partial charge in [0.15, 0.2) is 0 Å². The van der Waals surface area contributed by atoms with E-state index >= 15 is 0 Å². The molecule has 0 unspecified atom stereocenters. The second-order valence-electron chi connectivity index (χ2n) is 2.66. The van der Waals surface area contributed by atoms with Crippen LogP contribution in [0.15, 0.2) is 41.2 Å². The Hall–Kier alpha value is -1.70. The van der Waals surface area contributed by atoms with Crippen molar-refractivity contribution in [3.63, 3.8) is 0 Å². The van der Waals surface area contributed by atoms with Gasteiger partial charge in [-0.1, -0.05) is 12.1 Å². The summed E-state index contributed by atoms with van der Waals surface area (Å²) >= 11 is 0. The van der Waals surface area contributed by atoms with Crippen molar-refractivity contribution in [2.45, 2.75) is 0 Å². The molecule has 0 atom stereocenters. The van der Waals surface area contributed by atoms with E-state index in [1.54, 1.807) is 13.4 Å². The smallest absolute Gasteiger partial charge is 0.119 e. The van der Waals surface area contributed by atoms with E-state index < -0.39 is 0 Å². The average molecular weight is 173 g/mol. The zero-order chi connectivity index (χ0) is 9.10. The Labute approximate surface area is 76.8 Å². The van der Waals surface area contributed by atoms with Crippen molar-refractivity contribution in [3.8, 4) is 16.9 Å². The van der Waals surface area contributed by atoms with Crippen molar-refractivity contribution < 1.29 is 9.15 Å². The van der Waals surface area contributed by atoms with Crippen LogP contribution in [0.5, 0.6) is 5.75 Å². The number of ether oxygens (including phenoxy) is 1. The number of furan rings is 1. The lowest BCUT2D eigenvalue weighted by Gasteiger charge is -2.00. The first-order valence-electron chi connectivity index (χ1n) is 3.98. The summed E-state index contributed by atoms with van der Waals surface area (Å²) in [7, 11) is 1.65. The first-order chi connectivity index (χ1) is 6.40. The highest BCUT2D eigenvalue weighted by Crippen LogP contribution is 2.23. The van der Waals surface area contributed by atoms with Crippen molar-refractivity contribution in [3.05, 3.63) is 42.9 Å². The van der Waals surface area contributed by atoms with Gasteiger partial charge in [0, 0.05) is 11.6 Å². The van der Waals surface area contributed by atoms with Gasteiger partial charge in [0.2, 0.25) is 0 Å². The van der Waals surface area contributed by atoms with Crippen molar-refractivity contribution in [1.29, 1.82) is 0 Å². The molecule has 1 aromatic carbocycles. The monoisotopic (exact) mass is 173 g/mol. The van der Waals surface area contributed by atoms with Gasteiger partial charge in [0.05, 0.1) is 19.6 Å². The highest BCUT2D eigenvalue weighted by atomic mass is 16.5. The Balaban J connectivity index is 2.41. The quantitative estimate of drug-likeness (QED) is 0.696. The van der Waals surface area contributed by atoms with Crippen LogP contribution in [0.3, 0.4) is 0 Å². The summed E-state index contributed by atoms with van der Waals surface area (Å²) in [4.78, 5) is 0. The normalized spacial score (nSPS) is 9.92. The van der Waals surface area contributed by atoms with Gasteiger partial charge in [-0.05, 0) is 17.7 Å². The molecule has 0 N–H and O–H groups in total. The molecule has 0 fully saturated rings. The predicted molar refractivity (Wildman–Crippen MR) is 49.5 cm³/mol. The van der Waals surface area contributed by atoms with Gasteiger partial charge in [-0.15, -0.1) is 0 Å². The number of methoxy groups -OCH3 is 1. The van der Waals surface area contributed by atoms with Gasteiger partial charge >= 0.3 is 0 Å². The van der Waals surface area contributed by atoms with Crippen LogP contribution in [0, 0.1) is 6.07 Å². The lowest BCUT2D eigenvalue weighted by atomic mass is 10.1. The van der Waals surface area contributed by atoms with Crippen LogP contribution in [0.25, 0.3) is 11.1 Å². The van der Waals surface area contributed by atoms with Crippen LogP contribution < -0.4 is 4.74 Å². The van der Waals surface area contributed by atoms with Gasteiger partial charge in [-0.25, -0.2) is 0 Å². The fourth-order valence-electron chi connectivity index (χ4n) is 1.18. The Kier molecular flexibility index (Phi) is 2.04. The minimum atomic E-state index is 0.840. The van der Waals surface area contributed by atoms with Gasteiger partial charge in [-0.3, -0.25) is 0 Å². The molecule has 1 heterocycles. The molecule has 0 spiro atoms. The second kappa shape index (κ2) is 3.35. The summed E-state index contributed by atoms with van der Waals surface area (Å²) in [5.41, 5.74) is 1.99. The summed E-state index contributed by atoms with van der Waals surface area (Å²) in [5.74, 6) is 0.840. The molecule has 0 saturated heterocycles. The highest BCUT2D eigenvalue weighted by Gasteiger charge is 1.99. The molecular weight excluding hydrogens is 164 g/mol. The minimum Gasteiger partial charge on any atom is -0.497 e. The Bertz CT molecular complexity index is 377. The third-order valence-electron chi connectivity index (χ3n) is 1.85. The van der Waals surface area contributed by atoms with Crippen molar-refractivity contribution in [1.82, 2.24) is 0 Å². The first kappa shape index (κ1) is 7.92. The lowest BCUT2D eigenvalue weighted by molar-refractivity contribution is 0.415. The molecule has 0 aliphatic rings. The largest absolute Gasteiger partial charge is 0.497 e. The molecule has 2 nitrogen and oxygen atoms in total. The molecule has 2 rings (SSSR count). The average Bonchev–Trinajstić information content (AvgIpc) is 2.71. The number of hydrogen-bond donors (Lipinski definition) is 0. The standard InChI is InChI=1S/C11H9O2/c1-12-11-4-2-3-9(7-11)10-5-6-13-8-10/h2-4,6-8H,1H3. The minimum absolute atomic E-state index is 0.840. The first-order valence-corrected chi connectivity index (χ1v) is 3.98. The number of benzene rings is 1. The fraction of sp³-hybridized carbons (Fsp3) is 0.0909. The molecule has 1 aromatic heterocycles. The van der Waals surface area contributed by atoms with Crippen LogP contribution in [-0.2, 0) is 0 Å². The maximum absolute atomic E-state index is 5.11. The summed E-state index contributed by atoms with van der Waals surface area (Å²) in [6.45, 7) is 0. The molecule has 0 amide bonds. The molecule has 65 valence electrons. The van der Waals surface area contributed by atoms with E-state index in [0.717, 1.165) is 16.9 Å². The van der Waals surface area contributed by atoms with Crippen molar-refractivity contribution in [2.75, 3.05) is 7.11 Å². The van der Waals surface area contributed by atoms with Crippen LogP contribution in [0.1, 0.15) is 0 Å². The van der Waals surface area contributed by atoms with E-state index in [4.69, 9.17) is 9.15 Å². The highest BCUT2D eigenvalue weighted by molar-refractivity contribution is 5.63. The maximum atomic E-state index is 5.11. The van der Waals surface area contributed by atoms with Crippen molar-refractivity contribution >= 4 is 0 Å². The summed E-state index contributed by atoms with van der Waals surface area (Å²) < 4.78 is 10.1. The molecular formula is C11H9O2. The zero-order valence-electron chi connectivity index (χ0n) is 7.28. The van der Waals surface area contributed by atoms with E-state index in [2.05, 4.69) is 6.07 Å². The molecule has 2 aromatic rings. The molecule has 2 heteroatoms. The van der Waals surface area contributed by atoms with E-state index in [9.17, 15) is 0 Å². The number of hydrogen-bond acceptors (Lipinski definition) is 2. The van der Waals surface area contributed by atoms with Crippen LogP contribution in [0.2, 0.25) is 0 Å². The topological polar surface area (TPSA) is 22.4 Å². The Morgan fingerprint density at radius 2 is 2.31 bits per heavy atom. The third-order valence-corrected chi connectivity index (χ3v) is 1.85. The predicted octanol–water partition coefficient (Wildman–Crippen LogP) is 2.76. The molecule has 0 aliphatic heterocycles. The third kappa shape index (κ3) is 1.56. The van der Waals surface area contributed by atoms with E-state index in [1.807, 2.05) is 24.3 Å². The van der Waals surface area contributed by atoms with E-state index in [1.165, 1.54) is 6.26 Å². The van der Waals surface area contributed by atoms with Crippen LogP contribution in [0.4, 0.5) is 0 Å². The van der Waals surface area contributed by atoms with Gasteiger partial charge in [0.1, 0.15) is 5.75 Å². The second-order valence-corrected chi connectivity index (χ2v) is 2.66. The molecule has 0 saturated carbocycles. The Morgan fingerprint density at radius 3 is 3.00 bits per heavy atom.